The molecule has 2 saturated heterocycles. The van der Waals surface area contributed by atoms with Crippen LogP contribution in [-0.4, -0.2) is 97.4 Å². The molecule has 0 saturated carbocycles. The van der Waals surface area contributed by atoms with Crippen LogP contribution in [0.1, 0.15) is 138 Å². The van der Waals surface area contributed by atoms with Crippen molar-refractivity contribution in [3.63, 3.8) is 0 Å². The van der Waals surface area contributed by atoms with Gasteiger partial charge in [0.2, 0.25) is 23.7 Å². The molecule has 4 aromatic heterocycles. The Labute approximate surface area is 409 Å². The molecule has 0 spiro atoms. The Balaban J connectivity index is 0.771. The predicted molar refractivity (Wildman–Crippen MR) is 265 cm³/mol. The number of H-pyrrole nitrogens is 1. The van der Waals surface area contributed by atoms with Gasteiger partial charge in [-0.1, -0.05) is 56.7 Å². The molecule has 6 heterocycles. The normalized spacial score (nSPS) is 16.1. The second-order valence-electron chi connectivity index (χ2n) is 18.5. The number of unbranched alkanes of at least 4 members (excludes halogenated alkanes) is 8. The first-order chi connectivity index (χ1) is 34.0. The van der Waals surface area contributed by atoms with Gasteiger partial charge in [0.05, 0.1) is 24.4 Å². The van der Waals surface area contributed by atoms with Crippen LogP contribution < -0.4 is 31.5 Å². The Hall–Kier alpha value is -6.76. The number of aryl methyl sites for hydroxylation is 2. The Bertz CT molecular complexity index is 2490. The number of amides is 4. The SMILES string of the molecule is COC1(C(=O)N[C@@H](C)c2ccc(-n3cc(F)cn3)nc2)CCN(c2nc(CCCCC(=O)NCCCCCCCCCCNc3ccc(C4CCC(=O)NC4=O)cc3)cc(Nc3cc(C)[nH]n3)n2)CC1. The number of nitrogens with one attached hydrogen (secondary N) is 6. The lowest BCUT2D eigenvalue weighted by Crippen LogP contribution is -2.55. The van der Waals surface area contributed by atoms with E-state index < -0.39 is 11.4 Å². The number of halogens is 1. The van der Waals surface area contributed by atoms with E-state index >= 15 is 0 Å². The number of ether oxygens (including phenoxy) is 1. The number of anilines is 4. The van der Waals surface area contributed by atoms with Crippen LogP contribution in [0.15, 0.2) is 67.1 Å². The highest BCUT2D eigenvalue weighted by atomic mass is 19.1. The lowest BCUT2D eigenvalue weighted by atomic mass is 9.89. The zero-order chi connectivity index (χ0) is 49.3. The van der Waals surface area contributed by atoms with Crippen molar-refractivity contribution in [1.29, 1.82) is 0 Å². The second-order valence-corrected chi connectivity index (χ2v) is 18.5. The molecular formula is C51H68FN13O5. The average Bonchev–Trinajstić information content (AvgIpc) is 4.00. The predicted octanol–water partition coefficient (Wildman–Crippen LogP) is 7.42. The lowest BCUT2D eigenvalue weighted by molar-refractivity contribution is -0.146. The quantitative estimate of drug-likeness (QED) is 0.0235. The molecule has 2 aliphatic heterocycles. The van der Waals surface area contributed by atoms with Crippen molar-refractivity contribution in [2.75, 3.05) is 48.8 Å². The summed E-state index contributed by atoms with van der Waals surface area (Å²) in [6.45, 7) is 6.40. The smallest absolute Gasteiger partial charge is 0.252 e. The summed E-state index contributed by atoms with van der Waals surface area (Å²) in [7, 11) is 1.56. The number of carbonyl (C=O) groups excluding carboxylic acids is 4. The maximum atomic E-state index is 13.8. The molecule has 2 fully saturated rings. The fourth-order valence-electron chi connectivity index (χ4n) is 8.95. The van der Waals surface area contributed by atoms with Crippen molar-refractivity contribution < 1.29 is 28.3 Å². The maximum Gasteiger partial charge on any atom is 0.252 e. The van der Waals surface area contributed by atoms with E-state index in [1.807, 2.05) is 56.3 Å². The van der Waals surface area contributed by atoms with Gasteiger partial charge in [-0.15, -0.1) is 0 Å². The summed E-state index contributed by atoms with van der Waals surface area (Å²) in [6, 6.07) is 15.0. The Morgan fingerprint density at radius 2 is 1.64 bits per heavy atom. The van der Waals surface area contributed by atoms with Crippen LogP contribution in [0.4, 0.5) is 27.7 Å². The Kier molecular flexibility index (Phi) is 18.4. The van der Waals surface area contributed by atoms with Gasteiger partial charge in [0.1, 0.15) is 11.4 Å². The van der Waals surface area contributed by atoms with Gasteiger partial charge >= 0.3 is 0 Å². The van der Waals surface area contributed by atoms with Gasteiger partial charge in [-0.25, -0.2) is 19.0 Å². The van der Waals surface area contributed by atoms with Crippen molar-refractivity contribution in [2.45, 2.75) is 134 Å². The molecule has 2 atom stereocenters. The Morgan fingerprint density at radius 3 is 2.30 bits per heavy atom. The molecule has 5 aromatic rings. The highest BCUT2D eigenvalue weighted by molar-refractivity contribution is 6.01. The third-order valence-corrected chi connectivity index (χ3v) is 13.2. The number of nitrogens with zero attached hydrogens (tertiary/aromatic N) is 7. The molecule has 6 N–H and O–H groups in total. The minimum atomic E-state index is -1.04. The van der Waals surface area contributed by atoms with E-state index in [-0.39, 0.29) is 35.6 Å². The van der Waals surface area contributed by atoms with Crippen LogP contribution in [0.5, 0.6) is 0 Å². The van der Waals surface area contributed by atoms with Crippen molar-refractivity contribution in [3.05, 3.63) is 95.5 Å². The molecule has 4 amide bonds. The summed E-state index contributed by atoms with van der Waals surface area (Å²) < 4.78 is 20.7. The number of rotatable bonds is 26. The van der Waals surface area contributed by atoms with Gasteiger partial charge in [-0.3, -0.25) is 29.6 Å². The van der Waals surface area contributed by atoms with E-state index in [0.717, 1.165) is 73.0 Å². The third kappa shape index (κ3) is 14.6. The van der Waals surface area contributed by atoms with E-state index in [4.69, 9.17) is 14.7 Å². The van der Waals surface area contributed by atoms with Crippen molar-refractivity contribution >= 4 is 46.9 Å². The van der Waals surface area contributed by atoms with Crippen molar-refractivity contribution in [3.8, 4) is 5.82 Å². The summed E-state index contributed by atoms with van der Waals surface area (Å²) in [6.07, 6.45) is 17.6. The number of imide groups is 1. The third-order valence-electron chi connectivity index (χ3n) is 13.2. The van der Waals surface area contributed by atoms with E-state index in [0.29, 0.717) is 81.6 Å². The summed E-state index contributed by atoms with van der Waals surface area (Å²) in [5, 5.41) is 26.6. The number of aromatic amines is 1. The molecule has 0 bridgehead atoms. The first kappa shape index (κ1) is 51.1. The van der Waals surface area contributed by atoms with E-state index in [1.54, 1.807) is 19.4 Å². The van der Waals surface area contributed by atoms with Crippen LogP contribution in [0, 0.1) is 12.7 Å². The van der Waals surface area contributed by atoms with Crippen molar-refractivity contribution in [1.82, 2.24) is 50.9 Å². The molecule has 19 heteroatoms. The second kappa shape index (κ2) is 25.2. The zero-order valence-corrected chi connectivity index (χ0v) is 40.7. The molecular weight excluding hydrogens is 894 g/mol. The number of hydrogen-bond acceptors (Lipinski definition) is 13. The van der Waals surface area contributed by atoms with Crippen LogP contribution in [0.25, 0.3) is 5.82 Å². The number of hydrogen-bond donors (Lipinski definition) is 6. The summed E-state index contributed by atoms with van der Waals surface area (Å²) in [4.78, 5) is 66.3. The first-order valence-corrected chi connectivity index (χ1v) is 24.9. The summed E-state index contributed by atoms with van der Waals surface area (Å²) in [5.74, 6) is 1.02. The molecule has 70 heavy (non-hydrogen) atoms. The number of methoxy groups -OCH3 is 1. The minimum absolute atomic E-state index is 0.0738. The average molecular weight is 962 g/mol. The number of benzene rings is 1. The summed E-state index contributed by atoms with van der Waals surface area (Å²) in [5.41, 5.74) is 3.49. The minimum Gasteiger partial charge on any atom is -0.385 e. The van der Waals surface area contributed by atoms with E-state index in [9.17, 15) is 23.6 Å². The molecule has 1 unspecified atom stereocenters. The fraction of sp³-hybridized carbons (Fsp3) is 0.510. The monoisotopic (exact) mass is 962 g/mol. The standard InChI is InChI=1S/C51H68FN13O5/c1-35-30-44(63-62-35)59-43-31-41(58-50(60-43)64-28-24-51(70-3,25-29-64)49(69)57-36(2)38-18-22-45(55-32-38)65-34-39(52)33-56-65)14-10-11-15-46(66)54-27-13-9-7-5-4-6-8-12-26-53-40-19-16-37(17-20-40)42-21-23-47(67)61-48(42)68/h16-20,22,30-34,36,42,53H,4-15,21,23-29H2,1-3H3,(H,54,66)(H,57,69)(H,61,67,68)(H2,58,59,60,62,63)/t36-,42?/m0/s1. The number of pyridine rings is 1. The van der Waals surface area contributed by atoms with Crippen LogP contribution >= 0.6 is 0 Å². The molecule has 18 nitrogen and oxygen atoms in total. The highest BCUT2D eigenvalue weighted by Crippen LogP contribution is 2.31. The van der Waals surface area contributed by atoms with Gasteiger partial charge in [-0.2, -0.15) is 15.2 Å². The molecule has 0 radical (unpaired) electrons. The molecule has 7 rings (SSSR count). The van der Waals surface area contributed by atoms with Gasteiger partial charge in [0.25, 0.3) is 5.91 Å². The fourth-order valence-corrected chi connectivity index (χ4v) is 8.95. The maximum absolute atomic E-state index is 13.8. The van der Waals surface area contributed by atoms with Crippen LogP contribution in [0.2, 0.25) is 0 Å². The van der Waals surface area contributed by atoms with E-state index in [1.165, 1.54) is 43.0 Å². The number of piperidine rings is 2. The molecule has 1 aromatic carbocycles. The van der Waals surface area contributed by atoms with Gasteiger partial charge < -0.3 is 30.9 Å². The largest absolute Gasteiger partial charge is 0.385 e. The van der Waals surface area contributed by atoms with Crippen molar-refractivity contribution in [2.24, 2.45) is 0 Å². The Morgan fingerprint density at radius 1 is 0.900 bits per heavy atom. The van der Waals surface area contributed by atoms with Gasteiger partial charge in [0.15, 0.2) is 17.5 Å². The highest BCUT2D eigenvalue weighted by Gasteiger charge is 2.43. The van der Waals surface area contributed by atoms with Gasteiger partial charge in [-0.05, 0) is 81.7 Å². The number of carbonyl (C=O) groups is 4. The van der Waals surface area contributed by atoms with E-state index in [2.05, 4.69) is 51.8 Å². The number of aromatic nitrogens is 7. The summed E-state index contributed by atoms with van der Waals surface area (Å²) >= 11 is 0. The molecule has 374 valence electrons. The topological polar surface area (TPSA) is 226 Å². The lowest BCUT2D eigenvalue weighted by Gasteiger charge is -2.40. The molecule has 0 aliphatic carbocycles. The zero-order valence-electron chi connectivity index (χ0n) is 40.7. The van der Waals surface area contributed by atoms with Crippen LogP contribution in [-0.2, 0) is 30.3 Å². The van der Waals surface area contributed by atoms with Crippen LogP contribution in [0.3, 0.4) is 0 Å². The first-order valence-electron chi connectivity index (χ1n) is 24.9. The molecule has 2 aliphatic rings. The van der Waals surface area contributed by atoms with Gasteiger partial charge in [0, 0.05) is 94.4 Å².